The van der Waals surface area contributed by atoms with Gasteiger partial charge < -0.3 is 4.98 Å². The molecule has 0 aliphatic rings. The molecule has 144 valence electrons. The zero-order valence-corrected chi connectivity index (χ0v) is 15.6. The van der Waals surface area contributed by atoms with E-state index in [9.17, 15) is 19.2 Å². The van der Waals surface area contributed by atoms with E-state index in [-0.39, 0.29) is 28.8 Å². The van der Waals surface area contributed by atoms with Gasteiger partial charge in [-0.25, -0.2) is 4.68 Å². The van der Waals surface area contributed by atoms with Gasteiger partial charge in [0.25, 0.3) is 17.4 Å². The molecule has 1 aromatic carbocycles. The van der Waals surface area contributed by atoms with Crippen molar-refractivity contribution >= 4 is 28.4 Å². The van der Waals surface area contributed by atoms with Crippen molar-refractivity contribution in [1.29, 1.82) is 0 Å². The van der Waals surface area contributed by atoms with Crippen LogP contribution in [0.4, 0.5) is 0 Å². The highest BCUT2D eigenvalue weighted by atomic mass is 16.2. The van der Waals surface area contributed by atoms with Crippen molar-refractivity contribution < 1.29 is 14.4 Å². The fraction of sp³-hybridized carbons (Fsp3) is 0.211. The molecule has 0 aliphatic heterocycles. The minimum Gasteiger partial charge on any atom is -0.356 e. The molecule has 3 aromatic rings. The molecule has 9 heteroatoms. The molecule has 0 unspecified atom stereocenters. The number of fused-ring (bicyclic) bond motifs is 1. The van der Waals surface area contributed by atoms with Crippen LogP contribution in [0.1, 0.15) is 58.1 Å². The molecule has 3 rings (SSSR count). The first kappa shape index (κ1) is 19.0. The van der Waals surface area contributed by atoms with E-state index >= 15 is 0 Å². The monoisotopic (exact) mass is 381 g/mol. The Kier molecular flexibility index (Phi) is 5.08. The van der Waals surface area contributed by atoms with E-state index < -0.39 is 11.8 Å². The zero-order chi connectivity index (χ0) is 20.4. The number of hydrogen-bond acceptors (Lipinski definition) is 5. The van der Waals surface area contributed by atoms with Gasteiger partial charge in [0.15, 0.2) is 11.5 Å². The molecule has 0 saturated heterocycles. The molecule has 28 heavy (non-hydrogen) atoms. The lowest BCUT2D eigenvalue weighted by atomic mass is 10.1. The molecule has 0 atom stereocenters. The number of carbonyl (C=O) groups is 3. The van der Waals surface area contributed by atoms with E-state index in [1.807, 2.05) is 0 Å². The second kappa shape index (κ2) is 7.47. The predicted molar refractivity (Wildman–Crippen MR) is 102 cm³/mol. The Bertz CT molecular complexity index is 1140. The topological polar surface area (TPSA) is 126 Å². The Labute approximate surface area is 159 Å². The van der Waals surface area contributed by atoms with Gasteiger partial charge in [-0.05, 0) is 32.9 Å². The van der Waals surface area contributed by atoms with Crippen LogP contribution in [0, 0.1) is 0 Å². The summed E-state index contributed by atoms with van der Waals surface area (Å²) < 4.78 is 1.23. The lowest BCUT2D eigenvalue weighted by molar-refractivity contribution is 0.0841. The second-order valence-electron chi connectivity index (χ2n) is 6.50. The number of benzene rings is 1. The van der Waals surface area contributed by atoms with Crippen molar-refractivity contribution in [2.45, 2.75) is 26.8 Å². The quantitative estimate of drug-likeness (QED) is 0.467. The van der Waals surface area contributed by atoms with Crippen LogP contribution in [0.2, 0.25) is 0 Å². The summed E-state index contributed by atoms with van der Waals surface area (Å²) in [6, 6.07) is 7.78. The van der Waals surface area contributed by atoms with E-state index in [0.29, 0.717) is 16.3 Å². The third kappa shape index (κ3) is 3.54. The van der Waals surface area contributed by atoms with Crippen molar-refractivity contribution in [3.63, 3.8) is 0 Å². The van der Waals surface area contributed by atoms with Crippen LogP contribution < -0.4 is 16.4 Å². The van der Waals surface area contributed by atoms with Crippen molar-refractivity contribution in [1.82, 2.24) is 25.6 Å². The molecular weight excluding hydrogens is 362 g/mol. The van der Waals surface area contributed by atoms with Crippen LogP contribution in [0.5, 0.6) is 0 Å². The minimum absolute atomic E-state index is 0.0140. The molecule has 3 N–H and O–H groups in total. The molecule has 2 amide bonds. The summed E-state index contributed by atoms with van der Waals surface area (Å²) in [5.41, 5.74) is 4.75. The molecule has 0 aliphatic carbocycles. The highest BCUT2D eigenvalue weighted by Gasteiger charge is 2.19. The predicted octanol–water partition coefficient (Wildman–Crippen LogP) is 1.58. The number of nitrogens with one attached hydrogen (secondary N) is 3. The Balaban J connectivity index is 1.87. The summed E-state index contributed by atoms with van der Waals surface area (Å²) in [5, 5.41) is 4.91. The fourth-order valence-electron chi connectivity index (χ4n) is 2.69. The first-order valence-corrected chi connectivity index (χ1v) is 8.61. The van der Waals surface area contributed by atoms with Crippen LogP contribution in [0.25, 0.3) is 10.8 Å². The first-order chi connectivity index (χ1) is 13.3. The van der Waals surface area contributed by atoms with Gasteiger partial charge in [-0.15, -0.1) is 0 Å². The van der Waals surface area contributed by atoms with Gasteiger partial charge in [0.05, 0.1) is 11.4 Å². The van der Waals surface area contributed by atoms with Gasteiger partial charge in [-0.1, -0.05) is 18.2 Å². The molecule has 0 fully saturated rings. The third-order valence-electron chi connectivity index (χ3n) is 4.16. The summed E-state index contributed by atoms with van der Waals surface area (Å²) >= 11 is 0. The van der Waals surface area contributed by atoms with Crippen LogP contribution in [0.15, 0.2) is 41.3 Å². The highest BCUT2D eigenvalue weighted by Crippen LogP contribution is 2.14. The maximum absolute atomic E-state index is 12.6. The van der Waals surface area contributed by atoms with Gasteiger partial charge in [0.2, 0.25) is 0 Å². The molecule has 2 aromatic heterocycles. The number of ketones is 1. The smallest absolute Gasteiger partial charge is 0.290 e. The number of H-pyrrole nitrogens is 1. The lowest BCUT2D eigenvalue weighted by Crippen LogP contribution is -2.43. The normalized spacial score (nSPS) is 10.9. The fourth-order valence-corrected chi connectivity index (χ4v) is 2.69. The summed E-state index contributed by atoms with van der Waals surface area (Å²) in [6.45, 7) is 4.95. The van der Waals surface area contributed by atoms with Crippen LogP contribution in [-0.2, 0) is 0 Å². The van der Waals surface area contributed by atoms with E-state index in [0.717, 1.165) is 0 Å². The number of aromatic nitrogens is 3. The largest absolute Gasteiger partial charge is 0.356 e. The summed E-state index contributed by atoms with van der Waals surface area (Å²) in [7, 11) is 0. The number of rotatable bonds is 4. The average Bonchev–Trinajstić information content (AvgIpc) is 3.17. The average molecular weight is 381 g/mol. The Morgan fingerprint density at radius 2 is 1.71 bits per heavy atom. The van der Waals surface area contributed by atoms with Crippen molar-refractivity contribution in [2.75, 3.05) is 0 Å². The molecule has 0 bridgehead atoms. The van der Waals surface area contributed by atoms with E-state index in [4.69, 9.17) is 0 Å². The van der Waals surface area contributed by atoms with Crippen molar-refractivity contribution in [3.05, 3.63) is 63.8 Å². The minimum atomic E-state index is -0.669. The number of hydrogen-bond donors (Lipinski definition) is 3. The maximum atomic E-state index is 12.6. The lowest BCUT2D eigenvalue weighted by Gasteiger charge is -2.13. The van der Waals surface area contributed by atoms with Crippen LogP contribution in [-0.4, -0.2) is 32.4 Å². The number of hydrazine groups is 1. The van der Waals surface area contributed by atoms with Crippen molar-refractivity contribution in [3.8, 4) is 0 Å². The van der Waals surface area contributed by atoms with E-state index in [2.05, 4.69) is 20.9 Å². The van der Waals surface area contributed by atoms with Gasteiger partial charge in [0, 0.05) is 17.1 Å². The van der Waals surface area contributed by atoms with Gasteiger partial charge in [-0.3, -0.25) is 30.0 Å². The molecule has 0 saturated carbocycles. The Morgan fingerprint density at radius 3 is 2.32 bits per heavy atom. The molecule has 2 heterocycles. The van der Waals surface area contributed by atoms with E-state index in [1.54, 1.807) is 38.1 Å². The van der Waals surface area contributed by atoms with Gasteiger partial charge in [0.1, 0.15) is 5.69 Å². The summed E-state index contributed by atoms with van der Waals surface area (Å²) in [6.07, 6.45) is 1.41. The van der Waals surface area contributed by atoms with Gasteiger partial charge >= 0.3 is 0 Å². The summed E-state index contributed by atoms with van der Waals surface area (Å²) in [4.78, 5) is 51.3. The second-order valence-corrected chi connectivity index (χ2v) is 6.50. The third-order valence-corrected chi connectivity index (χ3v) is 4.16. The Morgan fingerprint density at radius 1 is 1.07 bits per heavy atom. The highest BCUT2D eigenvalue weighted by molar-refractivity contribution is 6.06. The zero-order valence-electron chi connectivity index (χ0n) is 15.6. The standard InChI is InChI=1S/C19H19N5O4/c1-10(2)24-19(28)14-7-5-4-6-13(14)16(23-24)18(27)22-21-17(26)15-8-12(9-20-15)11(3)25/h4-10,20H,1-3H3,(H,21,26)(H,22,27). The van der Waals surface area contributed by atoms with Gasteiger partial charge in [-0.2, -0.15) is 5.10 Å². The number of carbonyl (C=O) groups excluding carboxylic acids is 3. The number of Topliss-reactive ketones (excluding diaryl/α,β-unsaturated/α-hetero) is 1. The molecule has 0 radical (unpaired) electrons. The van der Waals surface area contributed by atoms with E-state index in [1.165, 1.54) is 23.9 Å². The molecule has 9 nitrogen and oxygen atoms in total. The number of aromatic amines is 1. The Hall–Kier alpha value is -3.75. The van der Waals surface area contributed by atoms with Crippen molar-refractivity contribution in [2.24, 2.45) is 0 Å². The number of nitrogens with zero attached hydrogens (tertiary/aromatic N) is 2. The number of amides is 2. The van der Waals surface area contributed by atoms with Crippen LogP contribution in [0.3, 0.4) is 0 Å². The summed E-state index contributed by atoms with van der Waals surface area (Å²) in [5.74, 6) is -1.48. The maximum Gasteiger partial charge on any atom is 0.290 e. The molecular formula is C19H19N5O4. The van der Waals surface area contributed by atoms with Crippen LogP contribution >= 0.6 is 0 Å². The SMILES string of the molecule is CC(=O)c1c[nH]c(C(=O)NNC(=O)c2nn(C(C)C)c(=O)c3ccccc23)c1. The first-order valence-electron chi connectivity index (χ1n) is 8.61. The molecule has 0 spiro atoms.